The van der Waals surface area contributed by atoms with Crippen LogP contribution in [0.2, 0.25) is 0 Å². The Balaban J connectivity index is 2.54. The van der Waals surface area contributed by atoms with E-state index >= 15 is 0 Å². The molecule has 0 spiro atoms. The fourth-order valence-electron chi connectivity index (χ4n) is 1.72. The number of benzene rings is 1. The van der Waals surface area contributed by atoms with Crippen molar-refractivity contribution in [3.05, 3.63) is 35.4 Å². The lowest BCUT2D eigenvalue weighted by Crippen LogP contribution is -2.37. The quantitative estimate of drug-likeness (QED) is 0.605. The smallest absolute Gasteiger partial charge is 0.191 e. The van der Waals surface area contributed by atoms with E-state index in [9.17, 15) is 0 Å². The number of rotatable bonds is 5. The predicted molar refractivity (Wildman–Crippen MR) is 74.3 cm³/mol. The van der Waals surface area contributed by atoms with Crippen LogP contribution in [0.4, 0.5) is 0 Å². The second-order valence-electron chi connectivity index (χ2n) is 3.97. The van der Waals surface area contributed by atoms with Gasteiger partial charge in [0.2, 0.25) is 0 Å². The number of aliphatic imine (C=N–C) groups is 1. The standard InChI is InChI=1S/C14H23N3/c1-4-10-16-14(15-3)17-11-13-9-7-6-8-12(13)5-2/h6-9H,4-5,10-11H2,1-3H3,(H2,15,16,17). The van der Waals surface area contributed by atoms with Crippen LogP contribution in [0.5, 0.6) is 0 Å². The fraction of sp³-hybridized carbons (Fsp3) is 0.500. The van der Waals surface area contributed by atoms with Crippen LogP contribution in [0.1, 0.15) is 31.4 Å². The van der Waals surface area contributed by atoms with Crippen molar-refractivity contribution in [1.82, 2.24) is 10.6 Å². The predicted octanol–water partition coefficient (Wildman–Crippen LogP) is 2.32. The van der Waals surface area contributed by atoms with E-state index in [1.165, 1.54) is 11.1 Å². The summed E-state index contributed by atoms with van der Waals surface area (Å²) < 4.78 is 0. The highest BCUT2D eigenvalue weighted by Crippen LogP contribution is 2.08. The van der Waals surface area contributed by atoms with Crippen LogP contribution in [0.15, 0.2) is 29.3 Å². The molecule has 0 unspecified atom stereocenters. The molecule has 0 aliphatic carbocycles. The van der Waals surface area contributed by atoms with E-state index in [0.29, 0.717) is 0 Å². The third kappa shape index (κ3) is 4.47. The first-order valence-corrected chi connectivity index (χ1v) is 6.33. The Morgan fingerprint density at radius 1 is 1.12 bits per heavy atom. The van der Waals surface area contributed by atoms with E-state index in [-0.39, 0.29) is 0 Å². The Labute approximate surface area is 104 Å². The molecule has 0 fully saturated rings. The van der Waals surface area contributed by atoms with Gasteiger partial charge < -0.3 is 10.6 Å². The third-order valence-corrected chi connectivity index (χ3v) is 2.71. The van der Waals surface area contributed by atoms with E-state index in [1.807, 2.05) is 0 Å². The third-order valence-electron chi connectivity index (χ3n) is 2.71. The molecule has 0 aliphatic heterocycles. The SMILES string of the molecule is CCCNC(=NC)NCc1ccccc1CC. The van der Waals surface area contributed by atoms with Gasteiger partial charge in [0.05, 0.1) is 0 Å². The molecular formula is C14H23N3. The molecule has 1 aromatic rings. The van der Waals surface area contributed by atoms with Crippen LogP contribution < -0.4 is 10.6 Å². The van der Waals surface area contributed by atoms with Crippen LogP contribution in [0, 0.1) is 0 Å². The molecule has 1 aromatic carbocycles. The van der Waals surface area contributed by atoms with Crippen molar-refractivity contribution in [1.29, 1.82) is 0 Å². The molecule has 17 heavy (non-hydrogen) atoms. The Kier molecular flexibility index (Phi) is 6.15. The molecule has 0 radical (unpaired) electrons. The summed E-state index contributed by atoms with van der Waals surface area (Å²) in [6.45, 7) is 6.11. The van der Waals surface area contributed by atoms with Gasteiger partial charge in [0.15, 0.2) is 5.96 Å². The van der Waals surface area contributed by atoms with Crippen molar-refractivity contribution in [3.63, 3.8) is 0 Å². The van der Waals surface area contributed by atoms with Gasteiger partial charge in [-0.05, 0) is 24.0 Å². The van der Waals surface area contributed by atoms with Gasteiger partial charge in [-0.1, -0.05) is 38.1 Å². The molecular weight excluding hydrogens is 210 g/mol. The van der Waals surface area contributed by atoms with Gasteiger partial charge in [-0.15, -0.1) is 0 Å². The molecule has 94 valence electrons. The van der Waals surface area contributed by atoms with E-state index in [2.05, 4.69) is 53.7 Å². The molecule has 0 bridgehead atoms. The minimum atomic E-state index is 0.827. The second-order valence-corrected chi connectivity index (χ2v) is 3.97. The molecule has 3 nitrogen and oxygen atoms in total. The maximum atomic E-state index is 4.19. The number of nitrogens with one attached hydrogen (secondary N) is 2. The molecule has 0 amide bonds. The van der Waals surface area contributed by atoms with Gasteiger partial charge in [0.25, 0.3) is 0 Å². The number of aryl methyl sites for hydroxylation is 1. The molecule has 2 N–H and O–H groups in total. The Morgan fingerprint density at radius 2 is 1.82 bits per heavy atom. The van der Waals surface area contributed by atoms with Gasteiger partial charge in [0.1, 0.15) is 0 Å². The lowest BCUT2D eigenvalue weighted by atomic mass is 10.1. The zero-order valence-electron chi connectivity index (χ0n) is 11.1. The Morgan fingerprint density at radius 3 is 2.41 bits per heavy atom. The summed E-state index contributed by atoms with van der Waals surface area (Å²) >= 11 is 0. The van der Waals surface area contributed by atoms with Gasteiger partial charge in [-0.3, -0.25) is 4.99 Å². The first kappa shape index (κ1) is 13.6. The Hall–Kier alpha value is -1.51. The first-order valence-electron chi connectivity index (χ1n) is 6.33. The van der Waals surface area contributed by atoms with Crippen molar-refractivity contribution in [2.45, 2.75) is 33.2 Å². The van der Waals surface area contributed by atoms with E-state index in [1.54, 1.807) is 7.05 Å². The minimum Gasteiger partial charge on any atom is -0.356 e. The zero-order valence-corrected chi connectivity index (χ0v) is 11.1. The number of nitrogens with zero attached hydrogens (tertiary/aromatic N) is 1. The van der Waals surface area contributed by atoms with E-state index in [0.717, 1.165) is 31.9 Å². The van der Waals surface area contributed by atoms with Crippen molar-refractivity contribution in [2.75, 3.05) is 13.6 Å². The van der Waals surface area contributed by atoms with Crippen LogP contribution in [-0.4, -0.2) is 19.6 Å². The molecule has 3 heteroatoms. The minimum absolute atomic E-state index is 0.827. The van der Waals surface area contributed by atoms with Crippen molar-refractivity contribution in [3.8, 4) is 0 Å². The average molecular weight is 233 g/mol. The number of hydrogen-bond acceptors (Lipinski definition) is 1. The zero-order chi connectivity index (χ0) is 12.5. The summed E-state index contributed by atoms with van der Waals surface area (Å²) in [7, 11) is 1.80. The topological polar surface area (TPSA) is 36.4 Å². The summed E-state index contributed by atoms with van der Waals surface area (Å²) in [5.41, 5.74) is 2.74. The second kappa shape index (κ2) is 7.71. The maximum Gasteiger partial charge on any atom is 0.191 e. The molecule has 0 saturated heterocycles. The van der Waals surface area contributed by atoms with Gasteiger partial charge >= 0.3 is 0 Å². The number of guanidine groups is 1. The number of hydrogen-bond donors (Lipinski definition) is 2. The van der Waals surface area contributed by atoms with Gasteiger partial charge in [-0.2, -0.15) is 0 Å². The molecule has 1 rings (SSSR count). The molecule has 0 aromatic heterocycles. The lowest BCUT2D eigenvalue weighted by molar-refractivity contribution is 0.778. The summed E-state index contributed by atoms with van der Waals surface area (Å²) in [5, 5.41) is 6.60. The molecule has 0 atom stereocenters. The first-order chi connectivity index (χ1) is 8.31. The summed E-state index contributed by atoms with van der Waals surface area (Å²) in [6, 6.07) is 8.52. The van der Waals surface area contributed by atoms with Crippen molar-refractivity contribution in [2.24, 2.45) is 4.99 Å². The van der Waals surface area contributed by atoms with Crippen LogP contribution in [0.3, 0.4) is 0 Å². The van der Waals surface area contributed by atoms with Crippen LogP contribution >= 0.6 is 0 Å². The van der Waals surface area contributed by atoms with Gasteiger partial charge in [-0.25, -0.2) is 0 Å². The van der Waals surface area contributed by atoms with Crippen LogP contribution in [-0.2, 0) is 13.0 Å². The Bertz CT molecular complexity index is 358. The molecule has 0 aliphatic rings. The highest BCUT2D eigenvalue weighted by atomic mass is 15.2. The average Bonchev–Trinajstić information content (AvgIpc) is 2.39. The van der Waals surface area contributed by atoms with E-state index in [4.69, 9.17) is 0 Å². The monoisotopic (exact) mass is 233 g/mol. The van der Waals surface area contributed by atoms with Crippen LogP contribution in [0.25, 0.3) is 0 Å². The highest BCUT2D eigenvalue weighted by molar-refractivity contribution is 5.79. The largest absolute Gasteiger partial charge is 0.356 e. The van der Waals surface area contributed by atoms with E-state index < -0.39 is 0 Å². The summed E-state index contributed by atoms with van der Waals surface area (Å²) in [6.07, 6.45) is 2.17. The fourth-order valence-corrected chi connectivity index (χ4v) is 1.72. The maximum absolute atomic E-state index is 4.19. The summed E-state index contributed by atoms with van der Waals surface area (Å²) in [5.74, 6) is 0.873. The molecule has 0 saturated carbocycles. The van der Waals surface area contributed by atoms with Crippen molar-refractivity contribution < 1.29 is 0 Å². The highest BCUT2D eigenvalue weighted by Gasteiger charge is 2.01. The summed E-state index contributed by atoms with van der Waals surface area (Å²) in [4.78, 5) is 4.19. The normalized spacial score (nSPS) is 11.4. The van der Waals surface area contributed by atoms with Crippen molar-refractivity contribution >= 4 is 5.96 Å². The lowest BCUT2D eigenvalue weighted by Gasteiger charge is -2.13. The van der Waals surface area contributed by atoms with Gasteiger partial charge in [0, 0.05) is 20.1 Å². The molecule has 0 heterocycles.